The van der Waals surface area contributed by atoms with E-state index in [1.807, 2.05) is 6.20 Å². The van der Waals surface area contributed by atoms with Gasteiger partial charge in [0, 0.05) is 28.0 Å². The third kappa shape index (κ3) is 5.34. The van der Waals surface area contributed by atoms with Crippen molar-refractivity contribution in [3.8, 4) is 66.8 Å². The first-order valence-corrected chi connectivity index (χ1v) is 22.6. The quantitative estimate of drug-likeness (QED) is 0.161. The van der Waals surface area contributed by atoms with Crippen LogP contribution in [-0.2, 0) is 10.8 Å². The van der Waals surface area contributed by atoms with Crippen molar-refractivity contribution in [2.24, 2.45) is 0 Å². The number of benzene rings is 10. The summed E-state index contributed by atoms with van der Waals surface area (Å²) < 4.78 is 0. The van der Waals surface area contributed by atoms with Crippen molar-refractivity contribution in [3.63, 3.8) is 0 Å². The zero-order valence-corrected chi connectivity index (χ0v) is 36.5. The normalized spacial score (nSPS) is 14.2. The summed E-state index contributed by atoms with van der Waals surface area (Å²) in [5.74, 6) is 0. The first-order valence-electron chi connectivity index (χ1n) is 22.6. The van der Waals surface area contributed by atoms with Crippen LogP contribution >= 0.6 is 0 Å². The van der Waals surface area contributed by atoms with Crippen molar-refractivity contribution in [3.05, 3.63) is 223 Å². The van der Waals surface area contributed by atoms with Gasteiger partial charge in [0.15, 0.2) is 0 Å². The summed E-state index contributed by atoms with van der Waals surface area (Å²) in [6.45, 7) is 9.57. The fourth-order valence-electron chi connectivity index (χ4n) is 11.5. The molecule has 2 aliphatic rings. The van der Waals surface area contributed by atoms with Crippen LogP contribution in [0.5, 0.6) is 0 Å². The van der Waals surface area contributed by atoms with Gasteiger partial charge in [-0.05, 0) is 158 Å². The van der Waals surface area contributed by atoms with Gasteiger partial charge in [-0.3, -0.25) is 4.98 Å². The largest absolute Gasteiger partial charge is 0.256 e. The van der Waals surface area contributed by atoms with Crippen LogP contribution in [0.2, 0.25) is 0 Å². The number of fused-ring (bicyclic) bond motifs is 10. The molecule has 0 saturated carbocycles. The lowest BCUT2D eigenvalue weighted by Crippen LogP contribution is -2.15. The molecule has 0 amide bonds. The Morgan fingerprint density at radius 3 is 1.16 bits per heavy atom. The molecule has 11 aromatic rings. The van der Waals surface area contributed by atoms with E-state index in [-0.39, 0.29) is 10.8 Å². The monoisotopic (exact) mass is 815 g/mol. The van der Waals surface area contributed by atoms with Gasteiger partial charge >= 0.3 is 0 Å². The van der Waals surface area contributed by atoms with Gasteiger partial charge in [-0.15, -0.1) is 0 Å². The third-order valence-electron chi connectivity index (χ3n) is 14.9. The lowest BCUT2D eigenvalue weighted by Gasteiger charge is -2.24. The summed E-state index contributed by atoms with van der Waals surface area (Å²) in [5.41, 5.74) is 21.3. The van der Waals surface area contributed by atoms with Gasteiger partial charge in [-0.2, -0.15) is 0 Å². The molecule has 0 radical (unpaired) electrons. The first kappa shape index (κ1) is 37.0. The SMILES string of the molecule is CC1(C)c2cc(-c3ccc4ccccc4c3)ccc2-c2ccc(-c3c4ccccc4c(-c4ccc5c(c4)C(C)(C)c4cc(-c6ccc7ccccc7c6)ccc4-5)c4ncccc34)cc21. The minimum absolute atomic E-state index is 0.178. The molecular weight excluding hydrogens is 771 g/mol. The van der Waals surface area contributed by atoms with Crippen LogP contribution < -0.4 is 0 Å². The summed E-state index contributed by atoms with van der Waals surface area (Å²) in [6, 6.07) is 72.7. The van der Waals surface area contributed by atoms with E-state index >= 15 is 0 Å². The van der Waals surface area contributed by atoms with E-state index in [1.165, 1.54) is 127 Å². The molecular formula is C63H45N. The van der Waals surface area contributed by atoms with E-state index in [1.54, 1.807) is 0 Å². The minimum atomic E-state index is -0.183. The smallest absolute Gasteiger partial charge is 0.0792 e. The van der Waals surface area contributed by atoms with E-state index in [4.69, 9.17) is 4.98 Å². The van der Waals surface area contributed by atoms with Crippen LogP contribution in [0.25, 0.3) is 110 Å². The van der Waals surface area contributed by atoms with Crippen LogP contribution in [-0.4, -0.2) is 4.98 Å². The second kappa shape index (κ2) is 13.4. The van der Waals surface area contributed by atoms with Crippen LogP contribution in [0.3, 0.4) is 0 Å². The van der Waals surface area contributed by atoms with Crippen LogP contribution in [0.15, 0.2) is 200 Å². The summed E-state index contributed by atoms with van der Waals surface area (Å²) >= 11 is 0. The van der Waals surface area contributed by atoms with Crippen molar-refractivity contribution in [2.75, 3.05) is 0 Å². The average molecular weight is 816 g/mol. The molecule has 0 aliphatic heterocycles. The zero-order valence-electron chi connectivity index (χ0n) is 36.5. The van der Waals surface area contributed by atoms with Gasteiger partial charge in [0.2, 0.25) is 0 Å². The van der Waals surface area contributed by atoms with E-state index < -0.39 is 0 Å². The number of nitrogens with zero attached hydrogens (tertiary/aromatic N) is 1. The molecule has 10 aromatic carbocycles. The van der Waals surface area contributed by atoms with Crippen molar-refractivity contribution in [1.29, 1.82) is 0 Å². The Labute approximate surface area is 374 Å². The summed E-state index contributed by atoms with van der Waals surface area (Å²) in [5, 5.41) is 8.71. The highest BCUT2D eigenvalue weighted by molar-refractivity contribution is 6.20. The molecule has 0 N–H and O–H groups in total. The maximum Gasteiger partial charge on any atom is 0.0792 e. The van der Waals surface area contributed by atoms with Gasteiger partial charge in [0.25, 0.3) is 0 Å². The van der Waals surface area contributed by atoms with Crippen molar-refractivity contribution >= 4 is 43.2 Å². The molecule has 64 heavy (non-hydrogen) atoms. The Kier molecular flexibility index (Phi) is 7.77. The second-order valence-corrected chi connectivity index (χ2v) is 19.1. The molecule has 0 atom stereocenters. The Bertz CT molecular complexity index is 3480. The predicted octanol–water partition coefficient (Wildman–Crippen LogP) is 17.0. The van der Waals surface area contributed by atoms with Crippen LogP contribution in [0, 0.1) is 0 Å². The van der Waals surface area contributed by atoms with Crippen LogP contribution in [0.1, 0.15) is 49.9 Å². The minimum Gasteiger partial charge on any atom is -0.256 e. The van der Waals surface area contributed by atoms with Gasteiger partial charge in [0.1, 0.15) is 0 Å². The molecule has 2 aliphatic carbocycles. The Hall–Kier alpha value is -7.61. The van der Waals surface area contributed by atoms with Gasteiger partial charge in [-0.25, -0.2) is 0 Å². The maximum atomic E-state index is 5.22. The highest BCUT2D eigenvalue weighted by Gasteiger charge is 2.38. The highest BCUT2D eigenvalue weighted by atomic mass is 14.7. The average Bonchev–Trinajstić information content (AvgIpc) is 3.70. The van der Waals surface area contributed by atoms with Gasteiger partial charge in [0.05, 0.1) is 5.52 Å². The Morgan fingerprint density at radius 1 is 0.297 bits per heavy atom. The molecule has 1 nitrogen and oxygen atoms in total. The molecule has 13 rings (SSSR count). The predicted molar refractivity (Wildman–Crippen MR) is 271 cm³/mol. The first-order chi connectivity index (χ1) is 31.2. The van der Waals surface area contributed by atoms with Crippen LogP contribution in [0.4, 0.5) is 0 Å². The molecule has 0 fully saturated rings. The Morgan fingerprint density at radius 2 is 0.656 bits per heavy atom. The van der Waals surface area contributed by atoms with E-state index in [9.17, 15) is 0 Å². The third-order valence-corrected chi connectivity index (χ3v) is 14.9. The highest BCUT2D eigenvalue weighted by Crippen LogP contribution is 2.54. The van der Waals surface area contributed by atoms with E-state index in [0.29, 0.717) is 0 Å². The molecule has 302 valence electrons. The number of hydrogen-bond acceptors (Lipinski definition) is 1. The number of pyridine rings is 1. The molecule has 1 aromatic heterocycles. The molecule has 0 saturated heterocycles. The summed E-state index contributed by atoms with van der Waals surface area (Å²) in [7, 11) is 0. The molecule has 1 heterocycles. The van der Waals surface area contributed by atoms with E-state index in [0.717, 1.165) is 5.52 Å². The zero-order chi connectivity index (χ0) is 42.9. The summed E-state index contributed by atoms with van der Waals surface area (Å²) in [6.07, 6.45) is 1.96. The maximum absolute atomic E-state index is 5.22. The number of hydrogen-bond donors (Lipinski definition) is 0. The second-order valence-electron chi connectivity index (χ2n) is 19.1. The number of rotatable bonds is 4. The molecule has 0 bridgehead atoms. The molecule has 1 heteroatoms. The molecule has 0 unspecified atom stereocenters. The number of aromatic nitrogens is 1. The standard InChI is InChI=1S/C63H45N/c1-62(2)55-34-44(42-21-19-38-12-5-7-14-40(38)32-42)23-27-48(55)50-29-25-46(36-57(50)62)59-52-16-9-10-17-53(52)60(61-54(59)18-11-31-64-61)47-26-30-51-49-28-24-45(35-56(49)63(3,4)58(51)37-47)43-22-20-39-13-6-8-15-41(39)33-43/h5-37H,1-4H3. The lowest BCUT2D eigenvalue weighted by atomic mass is 9.79. The van der Waals surface area contributed by atoms with Crippen molar-refractivity contribution in [2.45, 2.75) is 38.5 Å². The van der Waals surface area contributed by atoms with Crippen molar-refractivity contribution in [1.82, 2.24) is 4.98 Å². The van der Waals surface area contributed by atoms with Gasteiger partial charge in [-0.1, -0.05) is 179 Å². The Balaban J connectivity index is 0.916. The van der Waals surface area contributed by atoms with Gasteiger partial charge < -0.3 is 0 Å². The topological polar surface area (TPSA) is 12.9 Å². The fraction of sp³-hybridized carbons (Fsp3) is 0.0952. The molecule has 0 spiro atoms. The van der Waals surface area contributed by atoms with Crippen molar-refractivity contribution < 1.29 is 0 Å². The lowest BCUT2D eigenvalue weighted by molar-refractivity contribution is 0.660. The van der Waals surface area contributed by atoms with E-state index in [2.05, 4.69) is 222 Å². The summed E-state index contributed by atoms with van der Waals surface area (Å²) in [4.78, 5) is 5.22. The fourth-order valence-corrected chi connectivity index (χ4v) is 11.5.